The second kappa shape index (κ2) is 18.6. The number of nitrogens with one attached hydrogen (secondary N) is 3. The molecule has 2 aromatic carbocycles. The number of amides is 6. The van der Waals surface area contributed by atoms with Crippen molar-refractivity contribution < 1.29 is 51.5 Å². The number of fused-ring (bicyclic) bond motifs is 3. The van der Waals surface area contributed by atoms with Crippen molar-refractivity contribution in [1.29, 1.82) is 0 Å². The van der Waals surface area contributed by atoms with Gasteiger partial charge in [-0.2, -0.15) is 0 Å². The summed E-state index contributed by atoms with van der Waals surface area (Å²) in [5, 5.41) is 7.89. The number of esters is 1. The predicted molar refractivity (Wildman–Crippen MR) is 209 cm³/mol. The van der Waals surface area contributed by atoms with Gasteiger partial charge in [-0.05, 0) is 81.5 Å². The number of benzene rings is 2. The summed E-state index contributed by atoms with van der Waals surface area (Å²) in [6.45, 7) is 5.66. The quantitative estimate of drug-likeness (QED) is 0.347. The number of cyclic esters (lactones) is 1. The van der Waals surface area contributed by atoms with Gasteiger partial charge in [-0.25, -0.2) is 18.0 Å². The van der Waals surface area contributed by atoms with Crippen molar-refractivity contribution >= 4 is 53.0 Å². The largest absolute Gasteiger partial charge is 0.458 e. The Balaban J connectivity index is 1.35. The summed E-state index contributed by atoms with van der Waals surface area (Å²) in [6.07, 6.45) is -1.67. The molecule has 324 valence electrons. The van der Waals surface area contributed by atoms with Crippen molar-refractivity contribution in [2.75, 3.05) is 39.8 Å². The highest BCUT2D eigenvalue weighted by atomic mass is 35.5. The van der Waals surface area contributed by atoms with Crippen LogP contribution in [0.3, 0.4) is 0 Å². The third-order valence-corrected chi connectivity index (χ3v) is 11.7. The highest BCUT2D eigenvalue weighted by Gasteiger charge is 2.48. The van der Waals surface area contributed by atoms with Crippen LogP contribution in [0.25, 0.3) is 0 Å². The molecule has 0 radical (unpaired) electrons. The van der Waals surface area contributed by atoms with Crippen molar-refractivity contribution in [3.63, 3.8) is 0 Å². The minimum Gasteiger partial charge on any atom is -0.458 e. The molecule has 0 bridgehead atoms. The number of halogens is 4. The number of hydrogen-bond acceptors (Lipinski definition) is 9. The van der Waals surface area contributed by atoms with E-state index in [2.05, 4.69) is 16.0 Å². The number of piperazine rings is 1. The van der Waals surface area contributed by atoms with Crippen molar-refractivity contribution in [3.05, 3.63) is 70.0 Å². The number of likely N-dealkylation sites (N-methyl/N-ethyl adjacent to an activating group) is 1. The highest BCUT2D eigenvalue weighted by Crippen LogP contribution is 2.28. The van der Waals surface area contributed by atoms with Crippen molar-refractivity contribution in [2.24, 2.45) is 5.92 Å². The van der Waals surface area contributed by atoms with Crippen LogP contribution in [-0.2, 0) is 51.1 Å². The SMILES string of the molecule is C[C@@H]1C[C@H]2C(=O)O[C@@H](C)[C@H](NC(=O)[C@H](Cc3cc(F)cc(F)c3)NC(=O)Cc3ccc(Cl)cc3F)C(=O)N3CCC[C@H]3C(=O)N3CCN(C)C[C@H]3C(=O)N[C@@H](C)C(=O)N2C1. The van der Waals surface area contributed by atoms with E-state index in [1.807, 2.05) is 11.8 Å². The van der Waals surface area contributed by atoms with Crippen LogP contribution in [-0.4, -0.2) is 143 Å². The van der Waals surface area contributed by atoms with E-state index in [1.54, 1.807) is 7.05 Å². The number of carbonyl (C=O) groups excluding carboxylic acids is 7. The smallest absolute Gasteiger partial charge is 0.329 e. The van der Waals surface area contributed by atoms with E-state index in [0.29, 0.717) is 19.0 Å². The Bertz CT molecular complexity index is 2020. The van der Waals surface area contributed by atoms with Crippen LogP contribution >= 0.6 is 11.6 Å². The summed E-state index contributed by atoms with van der Waals surface area (Å²) in [5.74, 6) is -8.07. The average molecular weight is 860 g/mol. The molecule has 4 saturated heterocycles. The molecule has 8 atom stereocenters. The van der Waals surface area contributed by atoms with Gasteiger partial charge in [-0.1, -0.05) is 24.6 Å². The van der Waals surface area contributed by atoms with E-state index in [-0.39, 0.29) is 61.1 Å². The molecular formula is C41H49ClF3N7O8. The fourth-order valence-electron chi connectivity index (χ4n) is 8.42. The number of carbonyl (C=O) groups is 7. The number of rotatable bonds is 7. The van der Waals surface area contributed by atoms with Gasteiger partial charge in [0.05, 0.1) is 6.42 Å². The first-order chi connectivity index (χ1) is 28.4. The first-order valence-corrected chi connectivity index (χ1v) is 20.4. The molecule has 15 nitrogen and oxygen atoms in total. The van der Waals surface area contributed by atoms with E-state index in [4.69, 9.17) is 16.3 Å². The molecule has 4 aliphatic rings. The second-order valence-corrected chi connectivity index (χ2v) is 16.7. The third kappa shape index (κ3) is 10.0. The number of nitrogens with zero attached hydrogens (tertiary/aromatic N) is 4. The molecule has 0 aromatic heterocycles. The van der Waals surface area contributed by atoms with Gasteiger partial charge < -0.3 is 40.3 Å². The van der Waals surface area contributed by atoms with Crippen molar-refractivity contribution in [3.8, 4) is 0 Å². The Hall–Kier alpha value is -5.23. The van der Waals surface area contributed by atoms with Gasteiger partial charge in [0.1, 0.15) is 59.8 Å². The minimum absolute atomic E-state index is 0.0419. The molecule has 6 rings (SSSR count). The van der Waals surface area contributed by atoms with Crippen LogP contribution < -0.4 is 16.0 Å². The fraction of sp³-hybridized carbons (Fsp3) is 0.537. The molecule has 2 aromatic rings. The zero-order valence-corrected chi connectivity index (χ0v) is 34.5. The Kier molecular flexibility index (Phi) is 13.7. The standard InChI is InChI=1S/C41H49ClF3N7O8/c1-21-12-32-41(59)60-23(3)35(48-36(54)30(15-24-13-27(43)18-28(44)14-24)47-34(53)16-25-7-8-26(42)17-29(25)45)40(58)50-9-5-6-31(50)39(57)51-11-10-49(4)20-33(51)37(55)46-22(2)38(56)52(32)19-21/h7-8,13-14,17-18,21-23,30-33,35H,5-6,9-12,15-16,19-20H2,1-4H3,(H,46,55)(H,47,53)(H,48,54)/t21-,22+,23+,30+,31+,32+,33+,35+/m1/s1. The molecule has 6 amide bonds. The molecule has 4 aliphatic heterocycles. The minimum atomic E-state index is -1.69. The zero-order chi connectivity index (χ0) is 43.6. The molecule has 4 heterocycles. The molecule has 60 heavy (non-hydrogen) atoms. The maximum Gasteiger partial charge on any atom is 0.329 e. The molecule has 0 spiro atoms. The molecular weight excluding hydrogens is 811 g/mol. The summed E-state index contributed by atoms with van der Waals surface area (Å²) in [5.41, 5.74) is -0.103. The van der Waals surface area contributed by atoms with E-state index in [1.165, 1.54) is 40.7 Å². The lowest BCUT2D eigenvalue weighted by molar-refractivity contribution is -0.163. The number of hydrogen-bond donors (Lipinski definition) is 3. The van der Waals surface area contributed by atoms with Gasteiger partial charge >= 0.3 is 5.97 Å². The fourth-order valence-corrected chi connectivity index (χ4v) is 8.58. The van der Waals surface area contributed by atoms with E-state index >= 15 is 0 Å². The molecule has 19 heteroatoms. The molecule has 4 fully saturated rings. The second-order valence-electron chi connectivity index (χ2n) is 16.2. The summed E-state index contributed by atoms with van der Waals surface area (Å²) >= 11 is 5.86. The lowest BCUT2D eigenvalue weighted by Crippen LogP contribution is -2.65. The lowest BCUT2D eigenvalue weighted by atomic mass is 10.0. The molecule has 0 unspecified atom stereocenters. The Morgan fingerprint density at radius 3 is 2.27 bits per heavy atom. The lowest BCUT2D eigenvalue weighted by Gasteiger charge is -2.42. The van der Waals surface area contributed by atoms with Crippen LogP contribution in [0.4, 0.5) is 13.2 Å². The van der Waals surface area contributed by atoms with E-state index < -0.39 is 114 Å². The Morgan fingerprint density at radius 2 is 1.57 bits per heavy atom. The molecule has 3 N–H and O–H groups in total. The number of ether oxygens (including phenoxy) is 1. The first kappa shape index (κ1) is 44.3. The Labute approximate surface area is 350 Å². The summed E-state index contributed by atoms with van der Waals surface area (Å²) in [4.78, 5) is 104. The van der Waals surface area contributed by atoms with Crippen molar-refractivity contribution in [1.82, 2.24) is 35.6 Å². The first-order valence-electron chi connectivity index (χ1n) is 20.0. The van der Waals surface area contributed by atoms with Gasteiger partial charge in [-0.15, -0.1) is 0 Å². The van der Waals surface area contributed by atoms with Crippen LogP contribution in [0.15, 0.2) is 36.4 Å². The molecule has 0 saturated carbocycles. The maximum atomic E-state index is 14.7. The van der Waals surface area contributed by atoms with E-state index in [0.717, 1.165) is 18.2 Å². The summed E-state index contributed by atoms with van der Waals surface area (Å²) in [6, 6.07) is -1.36. The van der Waals surface area contributed by atoms with E-state index in [9.17, 15) is 46.7 Å². The van der Waals surface area contributed by atoms with Crippen molar-refractivity contribution in [2.45, 2.75) is 95.2 Å². The van der Waals surface area contributed by atoms with Gasteiger partial charge in [0.25, 0.3) is 0 Å². The van der Waals surface area contributed by atoms with Crippen LogP contribution in [0.1, 0.15) is 51.2 Å². The average Bonchev–Trinajstić information content (AvgIpc) is 3.83. The van der Waals surface area contributed by atoms with Gasteiger partial charge in [0.2, 0.25) is 35.4 Å². The van der Waals surface area contributed by atoms with Crippen LogP contribution in [0.5, 0.6) is 0 Å². The van der Waals surface area contributed by atoms with Crippen LogP contribution in [0, 0.1) is 23.4 Å². The zero-order valence-electron chi connectivity index (χ0n) is 33.7. The third-order valence-electron chi connectivity index (χ3n) is 11.5. The molecule has 0 aliphatic carbocycles. The monoisotopic (exact) mass is 859 g/mol. The normalized spacial score (nSPS) is 27.4. The van der Waals surface area contributed by atoms with Gasteiger partial charge in [0, 0.05) is 50.2 Å². The summed E-state index contributed by atoms with van der Waals surface area (Å²) in [7, 11) is 1.79. The highest BCUT2D eigenvalue weighted by molar-refractivity contribution is 6.30. The predicted octanol–water partition coefficient (Wildman–Crippen LogP) is 1.33. The van der Waals surface area contributed by atoms with Gasteiger partial charge in [0.15, 0.2) is 0 Å². The Morgan fingerprint density at radius 1 is 0.867 bits per heavy atom. The van der Waals surface area contributed by atoms with Gasteiger partial charge in [-0.3, -0.25) is 28.8 Å². The summed E-state index contributed by atoms with van der Waals surface area (Å²) < 4.78 is 49.2. The topological polar surface area (TPSA) is 178 Å². The maximum absolute atomic E-state index is 14.7. The van der Waals surface area contributed by atoms with Crippen LogP contribution in [0.2, 0.25) is 5.02 Å².